The molecule has 6 heteroatoms. The summed E-state index contributed by atoms with van der Waals surface area (Å²) in [6.07, 6.45) is 1.70. The third-order valence-electron chi connectivity index (χ3n) is 2.92. The average Bonchev–Trinajstić information content (AvgIpc) is 2.86. The number of carbonyl (C=O) groups is 1. The van der Waals surface area contributed by atoms with E-state index in [1.807, 2.05) is 23.6 Å². The molecule has 2 aromatic rings. The zero-order valence-corrected chi connectivity index (χ0v) is 10.8. The molecule has 19 heavy (non-hydrogen) atoms. The molecule has 0 radical (unpaired) electrons. The molecule has 1 heterocycles. The summed E-state index contributed by atoms with van der Waals surface area (Å²) < 4.78 is 1.97. The molecule has 1 aromatic heterocycles. The van der Waals surface area contributed by atoms with Crippen LogP contribution >= 0.6 is 0 Å². The second-order valence-electron chi connectivity index (χ2n) is 4.16. The van der Waals surface area contributed by atoms with Gasteiger partial charge in [-0.1, -0.05) is 18.2 Å². The Labute approximate surface area is 111 Å². The van der Waals surface area contributed by atoms with E-state index in [2.05, 4.69) is 15.5 Å². The number of primary amides is 1. The highest BCUT2D eigenvalue weighted by molar-refractivity contribution is 5.94. The highest BCUT2D eigenvalue weighted by Gasteiger charge is 2.07. The minimum atomic E-state index is -0.408. The third kappa shape index (κ3) is 3.17. The average molecular weight is 259 g/mol. The number of aromatic nitrogens is 3. The quantitative estimate of drug-likeness (QED) is 0.799. The summed E-state index contributed by atoms with van der Waals surface area (Å²) in [6.45, 7) is 4.04. The predicted octanol–water partition coefficient (Wildman–Crippen LogP) is 0.687. The summed E-state index contributed by atoms with van der Waals surface area (Å²) in [5.41, 5.74) is 6.77. The van der Waals surface area contributed by atoms with Gasteiger partial charge in [0, 0.05) is 18.7 Å². The van der Waals surface area contributed by atoms with Crippen LogP contribution in [0.5, 0.6) is 0 Å². The Morgan fingerprint density at radius 1 is 1.37 bits per heavy atom. The summed E-state index contributed by atoms with van der Waals surface area (Å²) in [4.78, 5) is 11.3. The molecule has 0 unspecified atom stereocenters. The maximum Gasteiger partial charge on any atom is 0.249 e. The Balaban J connectivity index is 1.98. The number of rotatable bonds is 6. The van der Waals surface area contributed by atoms with E-state index in [4.69, 9.17) is 5.73 Å². The number of hydrogen-bond donors (Lipinski definition) is 2. The molecule has 2 rings (SSSR count). The number of hydrogen-bond acceptors (Lipinski definition) is 4. The van der Waals surface area contributed by atoms with Crippen molar-refractivity contribution in [3.05, 3.63) is 47.5 Å². The van der Waals surface area contributed by atoms with Gasteiger partial charge >= 0.3 is 0 Å². The zero-order chi connectivity index (χ0) is 13.7. The topological polar surface area (TPSA) is 85.8 Å². The number of nitrogens with two attached hydrogens (primary N) is 1. The molecule has 100 valence electrons. The molecule has 6 nitrogen and oxygen atoms in total. The number of amides is 1. The minimum Gasteiger partial charge on any atom is -0.366 e. The zero-order valence-electron chi connectivity index (χ0n) is 10.8. The van der Waals surface area contributed by atoms with Crippen molar-refractivity contribution >= 4 is 5.91 Å². The molecule has 0 saturated carbocycles. The van der Waals surface area contributed by atoms with Crippen molar-refractivity contribution < 1.29 is 4.79 Å². The second kappa shape index (κ2) is 6.10. The fourth-order valence-electron chi connectivity index (χ4n) is 1.90. The number of nitrogens with one attached hydrogen (secondary N) is 1. The molecule has 0 aliphatic carbocycles. The van der Waals surface area contributed by atoms with Crippen LogP contribution in [0.15, 0.2) is 30.6 Å². The summed E-state index contributed by atoms with van der Waals surface area (Å²) in [5.74, 6) is 0.466. The lowest BCUT2D eigenvalue weighted by molar-refractivity contribution is 0.0999. The molecule has 1 amide bonds. The maximum absolute atomic E-state index is 11.3. The fourth-order valence-corrected chi connectivity index (χ4v) is 1.90. The van der Waals surface area contributed by atoms with E-state index < -0.39 is 5.91 Å². The molecule has 0 aliphatic heterocycles. The van der Waals surface area contributed by atoms with Gasteiger partial charge in [0.25, 0.3) is 0 Å². The Kier molecular flexibility index (Phi) is 4.25. The monoisotopic (exact) mass is 259 g/mol. The van der Waals surface area contributed by atoms with E-state index in [0.29, 0.717) is 18.7 Å². The van der Waals surface area contributed by atoms with Gasteiger partial charge < -0.3 is 15.6 Å². The van der Waals surface area contributed by atoms with Gasteiger partial charge in [0.2, 0.25) is 5.91 Å². The van der Waals surface area contributed by atoms with Gasteiger partial charge in [-0.15, -0.1) is 10.2 Å². The Hall–Kier alpha value is -2.21. The number of nitrogens with zero attached hydrogens (tertiary/aromatic N) is 3. The molecule has 0 atom stereocenters. The van der Waals surface area contributed by atoms with E-state index in [0.717, 1.165) is 17.9 Å². The first-order valence-corrected chi connectivity index (χ1v) is 6.17. The first-order valence-electron chi connectivity index (χ1n) is 6.17. The van der Waals surface area contributed by atoms with Crippen molar-refractivity contribution in [1.82, 2.24) is 20.1 Å². The van der Waals surface area contributed by atoms with Crippen LogP contribution in [0.1, 0.15) is 28.7 Å². The van der Waals surface area contributed by atoms with Gasteiger partial charge in [-0.2, -0.15) is 0 Å². The van der Waals surface area contributed by atoms with Crippen LogP contribution in [0.2, 0.25) is 0 Å². The van der Waals surface area contributed by atoms with Gasteiger partial charge in [0.05, 0.1) is 6.54 Å². The SMILES string of the molecule is CCn1cnnc1CNCc1ccccc1C(N)=O. The van der Waals surface area contributed by atoms with Gasteiger partial charge in [0.15, 0.2) is 0 Å². The van der Waals surface area contributed by atoms with Crippen LogP contribution in [0.4, 0.5) is 0 Å². The summed E-state index contributed by atoms with van der Waals surface area (Å²) >= 11 is 0. The maximum atomic E-state index is 11.3. The van der Waals surface area contributed by atoms with Crippen LogP contribution in [-0.4, -0.2) is 20.7 Å². The smallest absolute Gasteiger partial charge is 0.249 e. The van der Waals surface area contributed by atoms with Crippen LogP contribution in [0.25, 0.3) is 0 Å². The van der Waals surface area contributed by atoms with Gasteiger partial charge in [-0.3, -0.25) is 4.79 Å². The van der Waals surface area contributed by atoms with E-state index in [1.54, 1.807) is 18.5 Å². The first-order chi connectivity index (χ1) is 9.22. The van der Waals surface area contributed by atoms with Crippen LogP contribution in [0.3, 0.4) is 0 Å². The normalized spacial score (nSPS) is 10.6. The van der Waals surface area contributed by atoms with Crippen LogP contribution in [0, 0.1) is 0 Å². The molecule has 0 fully saturated rings. The molecule has 0 spiro atoms. The third-order valence-corrected chi connectivity index (χ3v) is 2.92. The van der Waals surface area contributed by atoms with Crippen molar-refractivity contribution in [2.75, 3.05) is 0 Å². The number of carbonyl (C=O) groups excluding carboxylic acids is 1. The molecule has 0 saturated heterocycles. The highest BCUT2D eigenvalue weighted by Crippen LogP contribution is 2.07. The van der Waals surface area contributed by atoms with E-state index >= 15 is 0 Å². The largest absolute Gasteiger partial charge is 0.366 e. The van der Waals surface area contributed by atoms with Gasteiger partial charge in [-0.05, 0) is 18.6 Å². The van der Waals surface area contributed by atoms with Crippen molar-refractivity contribution in [3.63, 3.8) is 0 Å². The Morgan fingerprint density at radius 3 is 2.89 bits per heavy atom. The number of aryl methyl sites for hydroxylation is 1. The summed E-state index contributed by atoms with van der Waals surface area (Å²) in [6, 6.07) is 7.31. The summed E-state index contributed by atoms with van der Waals surface area (Å²) in [7, 11) is 0. The fraction of sp³-hybridized carbons (Fsp3) is 0.308. The summed E-state index contributed by atoms with van der Waals surface area (Å²) in [5, 5.41) is 11.1. The molecule has 0 bridgehead atoms. The van der Waals surface area contributed by atoms with Crippen molar-refractivity contribution in [3.8, 4) is 0 Å². The first kappa shape index (κ1) is 13.2. The van der Waals surface area contributed by atoms with Crippen molar-refractivity contribution in [2.24, 2.45) is 5.73 Å². The van der Waals surface area contributed by atoms with Crippen LogP contribution in [-0.2, 0) is 19.6 Å². The van der Waals surface area contributed by atoms with E-state index in [1.165, 1.54) is 0 Å². The molecule has 0 aliphatic rings. The molecular weight excluding hydrogens is 242 g/mol. The second-order valence-corrected chi connectivity index (χ2v) is 4.16. The highest BCUT2D eigenvalue weighted by atomic mass is 16.1. The van der Waals surface area contributed by atoms with Crippen LogP contribution < -0.4 is 11.1 Å². The number of benzene rings is 1. The Morgan fingerprint density at radius 2 is 2.16 bits per heavy atom. The van der Waals surface area contributed by atoms with Gasteiger partial charge in [-0.25, -0.2) is 0 Å². The molecule has 3 N–H and O–H groups in total. The standard InChI is InChI=1S/C13H17N5O/c1-2-18-9-16-17-12(18)8-15-7-10-5-3-4-6-11(10)13(14)19/h3-6,9,15H,2,7-8H2,1H3,(H2,14,19). The van der Waals surface area contributed by atoms with Gasteiger partial charge in [0.1, 0.15) is 12.2 Å². The lowest BCUT2D eigenvalue weighted by Gasteiger charge is -2.08. The van der Waals surface area contributed by atoms with E-state index in [-0.39, 0.29) is 0 Å². The lowest BCUT2D eigenvalue weighted by atomic mass is 10.1. The molecule has 1 aromatic carbocycles. The van der Waals surface area contributed by atoms with E-state index in [9.17, 15) is 4.79 Å². The predicted molar refractivity (Wildman–Crippen MR) is 71.2 cm³/mol. The Bertz CT molecular complexity index is 564. The lowest BCUT2D eigenvalue weighted by Crippen LogP contribution is -2.20. The van der Waals surface area contributed by atoms with Crippen molar-refractivity contribution in [2.45, 2.75) is 26.6 Å². The molecular formula is C13H17N5O. The minimum absolute atomic E-state index is 0.408. The van der Waals surface area contributed by atoms with Crippen molar-refractivity contribution in [1.29, 1.82) is 0 Å².